The summed E-state index contributed by atoms with van der Waals surface area (Å²) in [6.45, 7) is 30.0. The molecule has 0 bridgehead atoms. The molecule has 0 aromatic heterocycles. The highest BCUT2D eigenvalue weighted by molar-refractivity contribution is 7.86. The molecule has 0 spiro atoms. The van der Waals surface area contributed by atoms with Crippen LogP contribution < -0.4 is 0 Å². The predicted molar refractivity (Wildman–Crippen MR) is 190 cm³/mol. The van der Waals surface area contributed by atoms with Crippen LogP contribution in [-0.2, 0) is 20.2 Å². The monoisotopic (exact) mass is 746 g/mol. The molecule has 0 amide bonds. The van der Waals surface area contributed by atoms with E-state index < -0.39 is 31.8 Å². The number of alkyl halides is 4. The molecular weight excluding hydrogens is 673 g/mol. The second kappa shape index (κ2) is 32.4. The topological polar surface area (TPSA) is 114 Å². The summed E-state index contributed by atoms with van der Waals surface area (Å²) in [6.07, 6.45) is 22.1. The van der Waals surface area contributed by atoms with Crippen LogP contribution in [0.2, 0.25) is 0 Å². The summed E-state index contributed by atoms with van der Waals surface area (Å²) in [5.74, 6) is 0. The maximum Gasteiger partial charge on any atom is 0.485 e. The van der Waals surface area contributed by atoms with Crippen LogP contribution in [0.1, 0.15) is 158 Å². The molecule has 0 aliphatic rings. The van der Waals surface area contributed by atoms with E-state index in [2.05, 4.69) is 55.4 Å². The summed E-state index contributed by atoms with van der Waals surface area (Å²) in [6, 6.07) is -1.81. The minimum Gasteiger partial charge on any atom is -0.746 e. The molecule has 0 N–H and O–H groups in total. The number of halogens is 4. The van der Waals surface area contributed by atoms with E-state index in [0.29, 0.717) is 0 Å². The molecule has 14 heteroatoms. The summed E-state index contributed by atoms with van der Waals surface area (Å²) >= 11 is 0. The van der Waals surface area contributed by atoms with Crippen molar-refractivity contribution < 1.29 is 52.5 Å². The number of quaternary nitrogens is 2. The zero-order valence-corrected chi connectivity index (χ0v) is 33.5. The van der Waals surface area contributed by atoms with Crippen molar-refractivity contribution in [2.75, 3.05) is 58.4 Å². The first kappa shape index (κ1) is 54.2. The van der Waals surface area contributed by atoms with Gasteiger partial charge in [-0.3, -0.25) is 0 Å². The van der Waals surface area contributed by atoms with Crippen LogP contribution in [0.25, 0.3) is 0 Å². The predicted octanol–water partition coefficient (Wildman–Crippen LogP) is 9.52. The number of nitrogens with zero attached hydrogens (tertiary/aromatic N) is 2. The fourth-order valence-corrected chi connectivity index (χ4v) is 5.29. The number of rotatable bonds is 25. The van der Waals surface area contributed by atoms with Gasteiger partial charge in [-0.2, -0.15) is 13.2 Å². The Kier molecular flexibility index (Phi) is 36.6. The Labute approximate surface area is 294 Å². The third-order valence-electron chi connectivity index (χ3n) is 8.31. The Bertz CT molecular complexity index is 795. The minimum absolute atomic E-state index is 1.35. The number of unbranched alkanes of at least 4 members (excludes halogenated alkanes) is 8. The first-order chi connectivity index (χ1) is 22.3. The molecule has 0 aliphatic carbocycles. The molecule has 48 heavy (non-hydrogen) atoms. The van der Waals surface area contributed by atoms with Crippen molar-refractivity contribution in [3.05, 3.63) is 0 Å². The smallest absolute Gasteiger partial charge is 0.485 e. The maximum absolute atomic E-state index is 10.7. The van der Waals surface area contributed by atoms with Crippen LogP contribution in [0.5, 0.6) is 0 Å². The van der Waals surface area contributed by atoms with Crippen molar-refractivity contribution in [1.29, 1.82) is 0 Å². The molecule has 0 fully saturated rings. The zero-order chi connectivity index (χ0) is 38.2. The third kappa shape index (κ3) is 33.9. The standard InChI is InChI=1S/2C16H36N.CHF3O3S.CH3FO3S/c2*1-5-9-13-17(14-10-6-2,15-11-7-3)16-12-8-4;2-1(3,4)8(5,6)7;2-1-6(3,4)5/h2*5-16H2,1-4H3;(H,5,6,7);1H2,(H,3,4,5)/q2*+1;;/p-2. The van der Waals surface area contributed by atoms with Gasteiger partial charge in [0.15, 0.2) is 16.1 Å². The molecule has 0 aromatic rings. The van der Waals surface area contributed by atoms with Gasteiger partial charge in [-0.05, 0) is 51.4 Å². The average molecular weight is 747 g/mol. The van der Waals surface area contributed by atoms with E-state index >= 15 is 0 Å². The van der Waals surface area contributed by atoms with E-state index in [-0.39, 0.29) is 0 Å². The van der Waals surface area contributed by atoms with Crippen LogP contribution >= 0.6 is 0 Å². The van der Waals surface area contributed by atoms with E-state index in [1.54, 1.807) is 0 Å². The molecule has 0 unspecified atom stereocenters. The highest BCUT2D eigenvalue weighted by atomic mass is 32.2. The molecule has 296 valence electrons. The Morgan fingerprint density at radius 2 is 0.562 bits per heavy atom. The van der Waals surface area contributed by atoms with E-state index in [1.807, 2.05) is 0 Å². The van der Waals surface area contributed by atoms with Crippen molar-refractivity contribution in [2.24, 2.45) is 0 Å². The van der Waals surface area contributed by atoms with Crippen molar-refractivity contribution in [3.8, 4) is 0 Å². The molecule has 0 saturated carbocycles. The molecular formula is C34H74F4N2O6S2. The van der Waals surface area contributed by atoms with Gasteiger partial charge < -0.3 is 18.1 Å². The highest BCUT2D eigenvalue weighted by Gasteiger charge is 2.37. The summed E-state index contributed by atoms with van der Waals surface area (Å²) in [5.41, 5.74) is -5.65. The van der Waals surface area contributed by atoms with Gasteiger partial charge in [-0.1, -0.05) is 107 Å². The SMILES string of the molecule is CCCC[N+](CCCC)(CCCC)CCCC.CCCC[N+](CCCC)(CCCC)CCCC.O=S(=O)([O-])C(F)(F)F.O=S(=O)([O-])CF. The molecule has 0 radical (unpaired) electrons. The van der Waals surface area contributed by atoms with Gasteiger partial charge >= 0.3 is 5.51 Å². The Hall–Kier alpha value is -0.540. The fraction of sp³-hybridized carbons (Fsp3) is 1.00. The molecule has 0 aromatic carbocycles. The fourth-order valence-electron chi connectivity index (χ4n) is 5.29. The lowest BCUT2D eigenvalue weighted by atomic mass is 10.1. The van der Waals surface area contributed by atoms with Crippen LogP contribution in [0, 0.1) is 0 Å². The Morgan fingerprint density at radius 1 is 0.438 bits per heavy atom. The lowest BCUT2D eigenvalue weighted by Crippen LogP contribution is -2.50. The van der Waals surface area contributed by atoms with Crippen LogP contribution in [-0.4, -0.2) is 98.8 Å². The largest absolute Gasteiger partial charge is 0.746 e. The van der Waals surface area contributed by atoms with Gasteiger partial charge in [-0.25, -0.2) is 21.2 Å². The lowest BCUT2D eigenvalue weighted by Gasteiger charge is -2.39. The zero-order valence-electron chi connectivity index (χ0n) is 31.8. The van der Waals surface area contributed by atoms with Crippen LogP contribution in [0.4, 0.5) is 17.6 Å². The maximum atomic E-state index is 10.7. The lowest BCUT2D eigenvalue weighted by molar-refractivity contribution is -0.929. The van der Waals surface area contributed by atoms with Gasteiger partial charge in [-0.15, -0.1) is 0 Å². The first-order valence-corrected chi connectivity index (χ1v) is 21.5. The molecule has 0 atom stereocenters. The summed E-state index contributed by atoms with van der Waals surface area (Å²) < 4.78 is 99.6. The second-order valence-electron chi connectivity index (χ2n) is 12.9. The molecule has 0 saturated heterocycles. The van der Waals surface area contributed by atoms with Gasteiger partial charge in [0.2, 0.25) is 0 Å². The number of hydrogen-bond acceptors (Lipinski definition) is 6. The quantitative estimate of drug-likeness (QED) is 0.0398. The van der Waals surface area contributed by atoms with E-state index in [1.165, 1.54) is 164 Å². The number of hydrogen-bond donors (Lipinski definition) is 0. The summed E-state index contributed by atoms with van der Waals surface area (Å²) in [4.78, 5) is 0. The van der Waals surface area contributed by atoms with Gasteiger partial charge in [0.25, 0.3) is 0 Å². The van der Waals surface area contributed by atoms with Crippen molar-refractivity contribution in [2.45, 2.75) is 164 Å². The second-order valence-corrected chi connectivity index (χ2v) is 15.6. The third-order valence-corrected chi connectivity index (χ3v) is 9.14. The van der Waals surface area contributed by atoms with Crippen molar-refractivity contribution >= 4 is 20.2 Å². The molecule has 0 rings (SSSR count). The summed E-state index contributed by atoms with van der Waals surface area (Å²) in [7, 11) is -10.7. The van der Waals surface area contributed by atoms with E-state index in [4.69, 9.17) is 25.9 Å². The first-order valence-electron chi connectivity index (χ1n) is 18.5. The van der Waals surface area contributed by atoms with Crippen molar-refractivity contribution in [3.63, 3.8) is 0 Å². The minimum atomic E-state index is -6.09. The van der Waals surface area contributed by atoms with Crippen molar-refractivity contribution in [1.82, 2.24) is 0 Å². The van der Waals surface area contributed by atoms with Gasteiger partial charge in [0.1, 0.15) is 10.1 Å². The molecule has 0 heterocycles. The normalized spacial score (nSPS) is 12.3. The van der Waals surface area contributed by atoms with E-state index in [9.17, 15) is 17.6 Å². The molecule has 8 nitrogen and oxygen atoms in total. The van der Waals surface area contributed by atoms with Crippen LogP contribution in [0.3, 0.4) is 0 Å². The Balaban J connectivity index is -0.000000292. The summed E-state index contributed by atoms with van der Waals surface area (Å²) in [5, 5.41) is 0. The van der Waals surface area contributed by atoms with Gasteiger partial charge in [0.05, 0.1) is 52.4 Å². The molecule has 0 aliphatic heterocycles. The average Bonchev–Trinajstić information content (AvgIpc) is 3.03. The Morgan fingerprint density at radius 3 is 0.625 bits per heavy atom. The van der Waals surface area contributed by atoms with E-state index in [0.717, 1.165) is 0 Å². The van der Waals surface area contributed by atoms with Gasteiger partial charge in [0, 0.05) is 0 Å². The van der Waals surface area contributed by atoms with Crippen LogP contribution in [0.15, 0.2) is 0 Å². The highest BCUT2D eigenvalue weighted by Crippen LogP contribution is 2.20.